The minimum absolute atomic E-state index is 0.604. The van der Waals surface area contributed by atoms with E-state index < -0.39 is 0 Å². The fourth-order valence-corrected chi connectivity index (χ4v) is 3.05. The molecule has 1 fully saturated rings. The molecule has 1 atom stereocenters. The highest BCUT2D eigenvalue weighted by atomic mass is 79.9. The zero-order valence-electron chi connectivity index (χ0n) is 8.16. The van der Waals surface area contributed by atoms with Gasteiger partial charge < -0.3 is 5.32 Å². The van der Waals surface area contributed by atoms with Crippen molar-refractivity contribution in [1.29, 1.82) is 0 Å². The first-order valence-corrected chi connectivity index (χ1v) is 6.41. The minimum atomic E-state index is 0.604. The Kier molecular flexibility index (Phi) is 3.54. The zero-order chi connectivity index (χ0) is 9.97. The third kappa shape index (κ3) is 2.76. The van der Waals surface area contributed by atoms with Crippen molar-refractivity contribution in [2.75, 3.05) is 19.6 Å². The van der Waals surface area contributed by atoms with Crippen molar-refractivity contribution < 1.29 is 0 Å². The van der Waals surface area contributed by atoms with Gasteiger partial charge in [-0.05, 0) is 22.9 Å². The summed E-state index contributed by atoms with van der Waals surface area (Å²) in [4.78, 5) is 6.80. The topological polar surface area (TPSA) is 28.2 Å². The van der Waals surface area contributed by atoms with Crippen LogP contribution >= 0.6 is 27.3 Å². The quantitative estimate of drug-likeness (QED) is 0.891. The molecule has 3 nitrogen and oxygen atoms in total. The van der Waals surface area contributed by atoms with Gasteiger partial charge in [0.25, 0.3) is 0 Å². The highest BCUT2D eigenvalue weighted by molar-refractivity contribution is 9.11. The summed E-state index contributed by atoms with van der Waals surface area (Å²) in [7, 11) is 0. The van der Waals surface area contributed by atoms with Gasteiger partial charge in [-0.3, -0.25) is 4.90 Å². The minimum Gasteiger partial charge on any atom is -0.312 e. The van der Waals surface area contributed by atoms with Gasteiger partial charge in [0.15, 0.2) is 0 Å². The number of nitrogens with one attached hydrogen (secondary N) is 1. The molecule has 0 bridgehead atoms. The molecule has 78 valence electrons. The average molecular weight is 276 g/mol. The van der Waals surface area contributed by atoms with Crippen LogP contribution in [-0.2, 0) is 6.54 Å². The van der Waals surface area contributed by atoms with E-state index in [1.54, 1.807) is 11.3 Å². The molecule has 1 N–H and O–H groups in total. The van der Waals surface area contributed by atoms with E-state index in [0.717, 1.165) is 30.0 Å². The van der Waals surface area contributed by atoms with Gasteiger partial charge in [0.2, 0.25) is 0 Å². The lowest BCUT2D eigenvalue weighted by molar-refractivity contribution is 0.199. The van der Waals surface area contributed by atoms with Crippen molar-refractivity contribution in [3.63, 3.8) is 0 Å². The summed E-state index contributed by atoms with van der Waals surface area (Å²) in [5.74, 6) is 0. The molecular weight excluding hydrogens is 262 g/mol. The van der Waals surface area contributed by atoms with Crippen LogP contribution in [0.4, 0.5) is 0 Å². The van der Waals surface area contributed by atoms with E-state index in [-0.39, 0.29) is 0 Å². The Labute approximate surface area is 96.7 Å². The predicted octanol–water partition coefficient (Wildman–Crippen LogP) is 1.70. The predicted molar refractivity (Wildman–Crippen MR) is 62.6 cm³/mol. The molecule has 1 saturated heterocycles. The van der Waals surface area contributed by atoms with Crippen LogP contribution < -0.4 is 5.32 Å². The lowest BCUT2D eigenvalue weighted by atomic mass is 10.2. The maximum Gasteiger partial charge on any atom is 0.108 e. The second kappa shape index (κ2) is 4.70. The SMILES string of the molecule is C[C@@H]1CN(Cc2ncc(Br)s2)CCN1. The molecule has 0 unspecified atom stereocenters. The summed E-state index contributed by atoms with van der Waals surface area (Å²) in [5.41, 5.74) is 0. The third-order valence-corrected chi connectivity index (χ3v) is 3.80. The molecule has 1 aromatic heterocycles. The number of hydrogen-bond donors (Lipinski definition) is 1. The van der Waals surface area contributed by atoms with Crippen LogP contribution in [0.25, 0.3) is 0 Å². The first-order chi connectivity index (χ1) is 6.74. The first kappa shape index (κ1) is 10.5. The Morgan fingerprint density at radius 3 is 3.29 bits per heavy atom. The smallest absolute Gasteiger partial charge is 0.108 e. The largest absolute Gasteiger partial charge is 0.312 e. The Morgan fingerprint density at radius 1 is 1.79 bits per heavy atom. The maximum absolute atomic E-state index is 4.34. The highest BCUT2D eigenvalue weighted by Crippen LogP contribution is 2.20. The zero-order valence-corrected chi connectivity index (χ0v) is 10.6. The fourth-order valence-electron chi connectivity index (χ4n) is 1.71. The van der Waals surface area contributed by atoms with Crippen molar-refractivity contribution in [2.24, 2.45) is 0 Å². The normalized spacial score (nSPS) is 24.0. The van der Waals surface area contributed by atoms with Crippen LogP contribution in [0.2, 0.25) is 0 Å². The van der Waals surface area contributed by atoms with Crippen LogP contribution in [0.3, 0.4) is 0 Å². The summed E-state index contributed by atoms with van der Waals surface area (Å²) in [6, 6.07) is 0.604. The molecule has 1 aromatic rings. The molecule has 0 aliphatic carbocycles. The maximum atomic E-state index is 4.34. The molecular formula is C9H14BrN3S. The van der Waals surface area contributed by atoms with Crippen molar-refractivity contribution >= 4 is 27.3 Å². The molecule has 0 amide bonds. The molecule has 2 heterocycles. The summed E-state index contributed by atoms with van der Waals surface area (Å²) in [6.07, 6.45) is 1.88. The van der Waals surface area contributed by atoms with Gasteiger partial charge >= 0.3 is 0 Å². The van der Waals surface area contributed by atoms with Gasteiger partial charge in [-0.25, -0.2) is 4.98 Å². The molecule has 2 rings (SSSR count). The van der Waals surface area contributed by atoms with Gasteiger partial charge in [0, 0.05) is 25.7 Å². The van der Waals surface area contributed by atoms with Crippen LogP contribution in [-0.4, -0.2) is 35.6 Å². The molecule has 1 aliphatic heterocycles. The number of hydrogen-bond acceptors (Lipinski definition) is 4. The average Bonchev–Trinajstić information content (AvgIpc) is 2.51. The van der Waals surface area contributed by atoms with Crippen molar-refractivity contribution in [1.82, 2.24) is 15.2 Å². The number of thiazole rings is 1. The Balaban J connectivity index is 1.90. The van der Waals surface area contributed by atoms with E-state index >= 15 is 0 Å². The second-order valence-electron chi connectivity index (χ2n) is 3.65. The number of nitrogens with zero attached hydrogens (tertiary/aromatic N) is 2. The van der Waals surface area contributed by atoms with Gasteiger partial charge in [-0.1, -0.05) is 0 Å². The van der Waals surface area contributed by atoms with Crippen LogP contribution in [0.1, 0.15) is 11.9 Å². The Bertz CT molecular complexity index is 302. The lowest BCUT2D eigenvalue weighted by Gasteiger charge is -2.30. The highest BCUT2D eigenvalue weighted by Gasteiger charge is 2.16. The van der Waals surface area contributed by atoms with Crippen molar-refractivity contribution in [3.05, 3.63) is 15.0 Å². The number of aromatic nitrogens is 1. The standard InChI is InChI=1S/C9H14BrN3S/c1-7-5-13(3-2-11-7)6-9-12-4-8(10)14-9/h4,7,11H,2-3,5-6H2,1H3/t7-/m1/s1. The fraction of sp³-hybridized carbons (Fsp3) is 0.667. The van der Waals surface area contributed by atoms with E-state index in [4.69, 9.17) is 0 Å². The van der Waals surface area contributed by atoms with E-state index in [0.29, 0.717) is 6.04 Å². The Morgan fingerprint density at radius 2 is 2.64 bits per heavy atom. The van der Waals surface area contributed by atoms with Gasteiger partial charge in [-0.2, -0.15) is 0 Å². The second-order valence-corrected chi connectivity index (χ2v) is 6.14. The summed E-state index contributed by atoms with van der Waals surface area (Å²) < 4.78 is 1.12. The summed E-state index contributed by atoms with van der Waals surface area (Å²) >= 11 is 5.16. The van der Waals surface area contributed by atoms with E-state index in [9.17, 15) is 0 Å². The van der Waals surface area contributed by atoms with Crippen LogP contribution in [0.5, 0.6) is 0 Å². The first-order valence-electron chi connectivity index (χ1n) is 4.80. The van der Waals surface area contributed by atoms with E-state index in [1.807, 2.05) is 6.20 Å². The number of rotatable bonds is 2. The van der Waals surface area contributed by atoms with Crippen LogP contribution in [0, 0.1) is 0 Å². The lowest BCUT2D eigenvalue weighted by Crippen LogP contribution is -2.48. The van der Waals surface area contributed by atoms with Gasteiger partial charge in [0.05, 0.1) is 16.5 Å². The van der Waals surface area contributed by atoms with Crippen molar-refractivity contribution in [2.45, 2.75) is 19.5 Å². The number of halogens is 1. The Hall–Kier alpha value is 0.0300. The summed E-state index contributed by atoms with van der Waals surface area (Å²) in [5, 5.41) is 4.63. The molecule has 0 radical (unpaired) electrons. The molecule has 14 heavy (non-hydrogen) atoms. The van der Waals surface area contributed by atoms with Gasteiger partial charge in [0.1, 0.15) is 5.01 Å². The van der Waals surface area contributed by atoms with E-state index in [2.05, 4.69) is 38.1 Å². The molecule has 5 heteroatoms. The molecule has 0 aromatic carbocycles. The number of piperazine rings is 1. The molecule has 0 saturated carbocycles. The monoisotopic (exact) mass is 275 g/mol. The summed E-state index contributed by atoms with van der Waals surface area (Å²) in [6.45, 7) is 6.55. The third-order valence-electron chi connectivity index (χ3n) is 2.34. The van der Waals surface area contributed by atoms with Gasteiger partial charge in [-0.15, -0.1) is 11.3 Å². The molecule has 0 spiro atoms. The van der Waals surface area contributed by atoms with E-state index in [1.165, 1.54) is 5.01 Å². The molecule has 1 aliphatic rings. The van der Waals surface area contributed by atoms with Crippen molar-refractivity contribution in [3.8, 4) is 0 Å². The van der Waals surface area contributed by atoms with Crippen LogP contribution in [0.15, 0.2) is 9.98 Å².